The molecule has 0 atom stereocenters. The fourth-order valence-electron chi connectivity index (χ4n) is 1.15. The molecule has 0 amide bonds. The third-order valence-corrected chi connectivity index (χ3v) is 2.20. The quantitative estimate of drug-likeness (QED) is 0.829. The van der Waals surface area contributed by atoms with Crippen molar-refractivity contribution in [2.45, 2.75) is 6.61 Å². The number of aliphatic hydroxyl groups is 1. The van der Waals surface area contributed by atoms with E-state index < -0.39 is 0 Å². The lowest BCUT2D eigenvalue weighted by atomic mass is 10.2. The summed E-state index contributed by atoms with van der Waals surface area (Å²) in [5.41, 5.74) is 0.761. The number of nitrogens with zero attached hydrogens (tertiary/aromatic N) is 2. The van der Waals surface area contributed by atoms with E-state index in [2.05, 4.69) is 26.8 Å². The van der Waals surface area contributed by atoms with Gasteiger partial charge in [0.2, 0.25) is 0 Å². The maximum atomic E-state index is 9.12. The first-order valence-corrected chi connectivity index (χ1v) is 4.88. The molecule has 74 valence electrons. The third-order valence-electron chi connectivity index (χ3n) is 1.77. The Bertz CT molecular complexity index is 360. The molecule has 14 heavy (non-hydrogen) atoms. The highest BCUT2D eigenvalue weighted by molar-refractivity contribution is 9.10. The number of rotatable bonds is 3. The van der Waals surface area contributed by atoms with Crippen LogP contribution in [0.5, 0.6) is 0 Å². The number of hydrogen-bond acceptors (Lipinski definition) is 3. The molecule has 0 fully saturated rings. The molecule has 0 bridgehead atoms. The normalized spacial score (nSPS) is 9.57. The van der Waals surface area contributed by atoms with Gasteiger partial charge in [-0.05, 0) is 22.0 Å². The predicted molar refractivity (Wildman–Crippen MR) is 60.0 cm³/mol. The lowest BCUT2D eigenvalue weighted by Crippen LogP contribution is -2.20. The molecule has 0 saturated heterocycles. The number of hydrogen-bond donors (Lipinski definition) is 1. The van der Waals surface area contributed by atoms with Crippen LogP contribution in [0.3, 0.4) is 0 Å². The highest BCUT2D eigenvalue weighted by atomic mass is 79.9. The highest BCUT2D eigenvalue weighted by Gasteiger charge is 2.07. The summed E-state index contributed by atoms with van der Waals surface area (Å²) in [4.78, 5) is 6.01. The molecule has 1 aromatic rings. The van der Waals surface area contributed by atoms with Crippen LogP contribution in [0, 0.1) is 12.3 Å². The average molecular weight is 255 g/mol. The van der Waals surface area contributed by atoms with E-state index in [-0.39, 0.29) is 6.61 Å². The summed E-state index contributed by atoms with van der Waals surface area (Å²) in [7, 11) is 1.84. The molecule has 0 aliphatic carbocycles. The average Bonchev–Trinajstić information content (AvgIpc) is 2.17. The molecule has 1 rings (SSSR count). The van der Waals surface area contributed by atoms with E-state index in [1.807, 2.05) is 18.0 Å². The van der Waals surface area contributed by atoms with Crippen molar-refractivity contribution in [1.29, 1.82) is 0 Å². The summed E-state index contributed by atoms with van der Waals surface area (Å²) < 4.78 is 0.847. The number of aromatic nitrogens is 1. The monoisotopic (exact) mass is 254 g/mol. The van der Waals surface area contributed by atoms with Crippen LogP contribution in [-0.4, -0.2) is 23.7 Å². The fraction of sp³-hybridized carbons (Fsp3) is 0.300. The van der Waals surface area contributed by atoms with Crippen LogP contribution >= 0.6 is 15.9 Å². The van der Waals surface area contributed by atoms with Crippen molar-refractivity contribution in [2.24, 2.45) is 0 Å². The van der Waals surface area contributed by atoms with Gasteiger partial charge in [-0.3, -0.25) is 0 Å². The molecule has 4 heteroatoms. The van der Waals surface area contributed by atoms with E-state index >= 15 is 0 Å². The molecular weight excluding hydrogens is 244 g/mol. The molecule has 1 aromatic heterocycles. The second kappa shape index (κ2) is 4.99. The molecule has 3 nitrogen and oxygen atoms in total. The fourth-order valence-corrected chi connectivity index (χ4v) is 1.52. The standard InChI is InChI=1S/C10H11BrN2O/c1-3-4-13(2)10-8(7-14)5-9(11)6-12-10/h1,5-6,14H,4,7H2,2H3. The van der Waals surface area contributed by atoms with Crippen molar-refractivity contribution < 1.29 is 5.11 Å². The van der Waals surface area contributed by atoms with Crippen molar-refractivity contribution in [3.05, 3.63) is 22.3 Å². The van der Waals surface area contributed by atoms with Gasteiger partial charge in [-0.15, -0.1) is 6.42 Å². The SMILES string of the molecule is C#CCN(C)c1ncc(Br)cc1CO. The molecule has 0 aliphatic heterocycles. The zero-order valence-electron chi connectivity index (χ0n) is 7.87. The topological polar surface area (TPSA) is 36.4 Å². The molecule has 0 aromatic carbocycles. The Hall–Kier alpha value is -1.05. The van der Waals surface area contributed by atoms with Crippen LogP contribution in [0.15, 0.2) is 16.7 Å². The van der Waals surface area contributed by atoms with Gasteiger partial charge in [0.05, 0.1) is 13.2 Å². The molecule has 0 spiro atoms. The first kappa shape index (κ1) is 11.0. The van der Waals surface area contributed by atoms with E-state index in [0.717, 1.165) is 10.0 Å². The Balaban J connectivity index is 3.02. The van der Waals surface area contributed by atoms with Gasteiger partial charge in [-0.25, -0.2) is 4.98 Å². The van der Waals surface area contributed by atoms with Crippen molar-refractivity contribution in [3.63, 3.8) is 0 Å². The van der Waals surface area contributed by atoms with E-state index in [9.17, 15) is 0 Å². The van der Waals surface area contributed by atoms with E-state index in [1.165, 1.54) is 0 Å². The first-order chi connectivity index (χ1) is 6.69. The molecule has 0 unspecified atom stereocenters. The van der Waals surface area contributed by atoms with E-state index in [0.29, 0.717) is 12.4 Å². The minimum Gasteiger partial charge on any atom is -0.392 e. The molecule has 1 heterocycles. The van der Waals surface area contributed by atoms with Crippen molar-refractivity contribution in [1.82, 2.24) is 4.98 Å². The van der Waals surface area contributed by atoms with E-state index in [1.54, 1.807) is 6.20 Å². The Morgan fingerprint density at radius 1 is 1.71 bits per heavy atom. The summed E-state index contributed by atoms with van der Waals surface area (Å²) in [5.74, 6) is 3.24. The molecule has 0 aliphatic rings. The van der Waals surface area contributed by atoms with Gasteiger partial charge in [-0.1, -0.05) is 5.92 Å². The van der Waals surface area contributed by atoms with Crippen LogP contribution in [0.25, 0.3) is 0 Å². The number of halogens is 1. The van der Waals surface area contributed by atoms with Gasteiger partial charge < -0.3 is 10.0 Å². The highest BCUT2D eigenvalue weighted by Crippen LogP contribution is 2.20. The lowest BCUT2D eigenvalue weighted by Gasteiger charge is -2.17. The first-order valence-electron chi connectivity index (χ1n) is 4.09. The number of aliphatic hydroxyl groups excluding tert-OH is 1. The Kier molecular flexibility index (Phi) is 3.93. The number of pyridine rings is 1. The van der Waals surface area contributed by atoms with Gasteiger partial charge in [0, 0.05) is 23.3 Å². The predicted octanol–water partition coefficient (Wildman–Crippen LogP) is 1.41. The molecule has 0 radical (unpaired) electrons. The van der Waals surface area contributed by atoms with Crippen LogP contribution < -0.4 is 4.90 Å². The zero-order chi connectivity index (χ0) is 10.6. The molecule has 0 saturated carbocycles. The Morgan fingerprint density at radius 2 is 2.43 bits per heavy atom. The van der Waals surface area contributed by atoms with Crippen LogP contribution in [0.2, 0.25) is 0 Å². The van der Waals surface area contributed by atoms with Gasteiger partial charge in [0.25, 0.3) is 0 Å². The van der Waals surface area contributed by atoms with Gasteiger partial charge >= 0.3 is 0 Å². The van der Waals surface area contributed by atoms with Gasteiger partial charge in [-0.2, -0.15) is 0 Å². The number of anilines is 1. The summed E-state index contributed by atoms with van der Waals surface area (Å²) in [6.07, 6.45) is 6.88. The largest absolute Gasteiger partial charge is 0.392 e. The third kappa shape index (κ3) is 2.47. The van der Waals surface area contributed by atoms with E-state index in [4.69, 9.17) is 11.5 Å². The van der Waals surface area contributed by atoms with Crippen LogP contribution in [0.4, 0.5) is 5.82 Å². The molecule has 1 N–H and O–H groups in total. The van der Waals surface area contributed by atoms with Gasteiger partial charge in [0.1, 0.15) is 5.82 Å². The van der Waals surface area contributed by atoms with Crippen molar-refractivity contribution in [3.8, 4) is 12.3 Å². The zero-order valence-corrected chi connectivity index (χ0v) is 9.45. The van der Waals surface area contributed by atoms with Crippen LogP contribution in [0.1, 0.15) is 5.56 Å². The maximum absolute atomic E-state index is 9.12. The summed E-state index contributed by atoms with van der Waals surface area (Å²) in [6.45, 7) is 0.429. The Labute approximate surface area is 91.9 Å². The Morgan fingerprint density at radius 3 is 3.00 bits per heavy atom. The second-order valence-electron chi connectivity index (χ2n) is 2.85. The van der Waals surface area contributed by atoms with Crippen LogP contribution in [-0.2, 0) is 6.61 Å². The second-order valence-corrected chi connectivity index (χ2v) is 3.77. The lowest BCUT2D eigenvalue weighted by molar-refractivity contribution is 0.281. The van der Waals surface area contributed by atoms with Crippen molar-refractivity contribution >= 4 is 21.7 Å². The summed E-state index contributed by atoms with van der Waals surface area (Å²) in [6, 6.07) is 1.83. The smallest absolute Gasteiger partial charge is 0.134 e. The minimum absolute atomic E-state index is 0.0450. The van der Waals surface area contributed by atoms with Gasteiger partial charge in [0.15, 0.2) is 0 Å². The summed E-state index contributed by atoms with van der Waals surface area (Å²) >= 11 is 3.29. The minimum atomic E-state index is -0.0450. The maximum Gasteiger partial charge on any atom is 0.134 e. The summed E-state index contributed by atoms with van der Waals surface area (Å²) in [5, 5.41) is 9.12. The number of terminal acetylenes is 1. The molecular formula is C10H11BrN2O. The van der Waals surface area contributed by atoms with Crippen molar-refractivity contribution in [2.75, 3.05) is 18.5 Å².